The lowest BCUT2D eigenvalue weighted by Gasteiger charge is -2.36. The molecule has 0 fully saturated rings. The largest absolute Gasteiger partial charge is 0.347 e. The van der Waals surface area contributed by atoms with E-state index in [4.69, 9.17) is 0 Å². The number of fused-ring (bicyclic) bond motifs is 2. The van der Waals surface area contributed by atoms with Crippen LogP contribution in [0.2, 0.25) is 0 Å². The Balaban J connectivity index is 1.43. The summed E-state index contributed by atoms with van der Waals surface area (Å²) in [5.74, 6) is -0.0628. The zero-order chi connectivity index (χ0) is 35.6. The van der Waals surface area contributed by atoms with Crippen LogP contribution < -0.4 is 0 Å². The van der Waals surface area contributed by atoms with Crippen LogP contribution in [-0.4, -0.2) is 64.6 Å². The number of carbonyl (C=O) groups is 2. The fourth-order valence-electron chi connectivity index (χ4n) is 7.38. The SMILES string of the molecule is CCCCN(CCCC)C(=O)c1cc(-c2cc3c(cc2C(=O)N2Cc4ccccc4C[C@H]2C)CN(S(=O)(=O)c2ccccc2)CC3)n(C)c1C. The van der Waals surface area contributed by atoms with Gasteiger partial charge in [0.25, 0.3) is 11.8 Å². The Morgan fingerprint density at radius 3 is 2.16 bits per heavy atom. The first-order valence-electron chi connectivity index (χ1n) is 18.1. The van der Waals surface area contributed by atoms with E-state index in [1.165, 1.54) is 9.87 Å². The van der Waals surface area contributed by atoms with Crippen LogP contribution in [-0.2, 0) is 43.0 Å². The van der Waals surface area contributed by atoms with Gasteiger partial charge in [-0.05, 0) is 92.1 Å². The molecule has 264 valence electrons. The zero-order valence-corrected chi connectivity index (χ0v) is 30.9. The molecular formula is C41H50N4O4S. The topological polar surface area (TPSA) is 82.9 Å². The number of nitrogens with zero attached hydrogens (tertiary/aromatic N) is 4. The molecule has 50 heavy (non-hydrogen) atoms. The Labute approximate surface area is 297 Å². The first kappa shape index (κ1) is 35.6. The van der Waals surface area contributed by atoms with Gasteiger partial charge in [-0.3, -0.25) is 9.59 Å². The number of sulfonamides is 1. The van der Waals surface area contributed by atoms with Crippen LogP contribution >= 0.6 is 0 Å². The molecule has 0 N–H and O–H groups in total. The maximum absolute atomic E-state index is 14.8. The standard InChI is InChI=1S/C41H50N4O4S/c1-6-8-20-43(21-9-7-2)40(46)36-26-39(42(5)30(36)4)37-24-32-19-22-44(50(48,49)35-17-11-10-12-18-35)27-34(32)25-38(37)41(47)45-28-33-16-14-13-15-31(33)23-29(45)3/h10-18,24-26,29H,6-9,19-23,27-28H2,1-5H3/t29-/m1/s1. The van der Waals surface area contributed by atoms with Gasteiger partial charge in [-0.25, -0.2) is 8.42 Å². The van der Waals surface area contributed by atoms with E-state index in [9.17, 15) is 18.0 Å². The summed E-state index contributed by atoms with van der Waals surface area (Å²) in [6.45, 7) is 10.8. The molecule has 4 aromatic rings. The third-order valence-electron chi connectivity index (χ3n) is 10.6. The summed E-state index contributed by atoms with van der Waals surface area (Å²) in [5.41, 5.74) is 7.89. The summed E-state index contributed by atoms with van der Waals surface area (Å²) in [7, 11) is -1.75. The van der Waals surface area contributed by atoms with E-state index < -0.39 is 10.0 Å². The molecule has 8 nitrogen and oxygen atoms in total. The van der Waals surface area contributed by atoms with Crippen molar-refractivity contribution in [3.05, 3.63) is 112 Å². The van der Waals surface area contributed by atoms with Crippen LogP contribution in [0, 0.1) is 6.92 Å². The predicted octanol–water partition coefficient (Wildman–Crippen LogP) is 7.38. The molecule has 6 rings (SSSR count). The van der Waals surface area contributed by atoms with Gasteiger partial charge in [-0.1, -0.05) is 69.2 Å². The monoisotopic (exact) mass is 694 g/mol. The average Bonchev–Trinajstić information content (AvgIpc) is 3.43. The molecule has 0 bridgehead atoms. The molecule has 2 aliphatic heterocycles. The lowest BCUT2D eigenvalue weighted by Crippen LogP contribution is -2.43. The molecule has 0 unspecified atom stereocenters. The van der Waals surface area contributed by atoms with Gasteiger partial charge in [0.15, 0.2) is 0 Å². The molecule has 0 aliphatic carbocycles. The van der Waals surface area contributed by atoms with E-state index in [1.807, 2.05) is 58.7 Å². The number of unbranched alkanes of at least 4 members (excludes halogenated alkanes) is 2. The third kappa shape index (κ3) is 6.90. The van der Waals surface area contributed by atoms with Gasteiger partial charge in [0, 0.05) is 68.3 Å². The second-order valence-corrected chi connectivity index (χ2v) is 15.8. The second kappa shape index (κ2) is 15.0. The number of hydrogen-bond acceptors (Lipinski definition) is 4. The molecular weight excluding hydrogens is 645 g/mol. The molecule has 0 saturated carbocycles. The fraction of sp³-hybridized carbons (Fsp3) is 0.415. The van der Waals surface area contributed by atoms with Crippen molar-refractivity contribution in [3.8, 4) is 11.3 Å². The fourth-order valence-corrected chi connectivity index (χ4v) is 8.82. The van der Waals surface area contributed by atoms with Gasteiger partial charge in [-0.2, -0.15) is 4.31 Å². The Morgan fingerprint density at radius 2 is 1.48 bits per heavy atom. The molecule has 1 aromatic heterocycles. The van der Waals surface area contributed by atoms with Crippen molar-refractivity contribution in [1.29, 1.82) is 0 Å². The Hall–Kier alpha value is -4.21. The average molecular weight is 695 g/mol. The first-order chi connectivity index (χ1) is 24.0. The lowest BCUT2D eigenvalue weighted by atomic mass is 9.90. The van der Waals surface area contributed by atoms with Crippen molar-refractivity contribution < 1.29 is 18.0 Å². The highest BCUT2D eigenvalue weighted by molar-refractivity contribution is 7.89. The smallest absolute Gasteiger partial charge is 0.255 e. The molecule has 2 amide bonds. The normalized spacial score (nSPS) is 16.2. The van der Waals surface area contributed by atoms with Gasteiger partial charge < -0.3 is 14.4 Å². The van der Waals surface area contributed by atoms with Gasteiger partial charge in [-0.15, -0.1) is 0 Å². The molecule has 3 aromatic carbocycles. The quantitative estimate of drug-likeness (QED) is 0.164. The van der Waals surface area contributed by atoms with Crippen LogP contribution in [0.15, 0.2) is 77.7 Å². The van der Waals surface area contributed by atoms with Crippen molar-refractivity contribution in [3.63, 3.8) is 0 Å². The second-order valence-electron chi connectivity index (χ2n) is 13.9. The highest BCUT2D eigenvalue weighted by Crippen LogP contribution is 2.36. The van der Waals surface area contributed by atoms with Crippen LogP contribution in [0.5, 0.6) is 0 Å². The van der Waals surface area contributed by atoms with Gasteiger partial charge >= 0.3 is 0 Å². The summed E-state index contributed by atoms with van der Waals surface area (Å²) in [5, 5.41) is 0. The van der Waals surface area contributed by atoms with Gasteiger partial charge in [0.2, 0.25) is 10.0 Å². The Morgan fingerprint density at radius 1 is 0.820 bits per heavy atom. The van der Waals surface area contributed by atoms with Crippen LogP contribution in [0.1, 0.15) is 95.1 Å². The number of carbonyl (C=O) groups excluding carboxylic acids is 2. The van der Waals surface area contributed by atoms with Crippen molar-refractivity contribution in [2.45, 2.75) is 90.2 Å². The van der Waals surface area contributed by atoms with Crippen LogP contribution in [0.3, 0.4) is 0 Å². The summed E-state index contributed by atoms with van der Waals surface area (Å²) in [6.07, 6.45) is 5.21. The minimum atomic E-state index is -3.71. The summed E-state index contributed by atoms with van der Waals surface area (Å²) < 4.78 is 30.9. The summed E-state index contributed by atoms with van der Waals surface area (Å²) in [6, 6.07) is 22.7. The summed E-state index contributed by atoms with van der Waals surface area (Å²) >= 11 is 0. The van der Waals surface area contributed by atoms with Crippen molar-refractivity contribution >= 4 is 21.8 Å². The highest BCUT2D eigenvalue weighted by Gasteiger charge is 2.34. The van der Waals surface area contributed by atoms with E-state index in [2.05, 4.69) is 39.0 Å². The number of amides is 2. The van der Waals surface area contributed by atoms with Crippen molar-refractivity contribution in [2.75, 3.05) is 19.6 Å². The number of rotatable bonds is 11. The van der Waals surface area contributed by atoms with E-state index in [0.717, 1.165) is 78.8 Å². The Bertz CT molecular complexity index is 1980. The molecule has 0 spiro atoms. The van der Waals surface area contributed by atoms with E-state index in [0.29, 0.717) is 30.6 Å². The Kier molecular flexibility index (Phi) is 10.6. The zero-order valence-electron chi connectivity index (χ0n) is 30.1. The van der Waals surface area contributed by atoms with Gasteiger partial charge in [0.1, 0.15) is 0 Å². The number of hydrogen-bond donors (Lipinski definition) is 0. The molecule has 1 atom stereocenters. The maximum atomic E-state index is 14.8. The molecule has 0 radical (unpaired) electrons. The lowest BCUT2D eigenvalue weighted by molar-refractivity contribution is 0.0658. The van der Waals surface area contributed by atoms with Crippen LogP contribution in [0.4, 0.5) is 0 Å². The molecule has 3 heterocycles. The van der Waals surface area contributed by atoms with Gasteiger partial charge in [0.05, 0.1) is 10.5 Å². The van der Waals surface area contributed by atoms with E-state index in [1.54, 1.807) is 24.3 Å². The highest BCUT2D eigenvalue weighted by atomic mass is 32.2. The van der Waals surface area contributed by atoms with E-state index in [-0.39, 0.29) is 29.3 Å². The molecule has 2 aliphatic rings. The molecule has 9 heteroatoms. The number of aromatic nitrogens is 1. The number of benzene rings is 3. The summed E-state index contributed by atoms with van der Waals surface area (Å²) in [4.78, 5) is 33.0. The minimum Gasteiger partial charge on any atom is -0.347 e. The molecule has 0 saturated heterocycles. The third-order valence-corrected chi connectivity index (χ3v) is 12.4. The maximum Gasteiger partial charge on any atom is 0.255 e. The van der Waals surface area contributed by atoms with Crippen molar-refractivity contribution in [1.82, 2.24) is 18.7 Å². The van der Waals surface area contributed by atoms with E-state index >= 15 is 0 Å². The van der Waals surface area contributed by atoms with Crippen molar-refractivity contribution in [2.24, 2.45) is 7.05 Å². The predicted molar refractivity (Wildman–Crippen MR) is 199 cm³/mol. The minimum absolute atomic E-state index is 0.0192. The van der Waals surface area contributed by atoms with Crippen LogP contribution in [0.25, 0.3) is 11.3 Å². The first-order valence-corrected chi connectivity index (χ1v) is 19.5.